The Bertz CT molecular complexity index is 388. The average molecular weight is 258 g/mol. The molecule has 0 atom stereocenters. The molecule has 0 saturated carbocycles. The number of halogens is 1. The van der Waals surface area contributed by atoms with E-state index < -0.39 is 0 Å². The smallest absolute Gasteiger partial charge is 0.238 e. The van der Waals surface area contributed by atoms with E-state index in [1.54, 1.807) is 4.90 Å². The van der Waals surface area contributed by atoms with Gasteiger partial charge >= 0.3 is 0 Å². The molecule has 0 spiro atoms. The second-order valence-electron chi connectivity index (χ2n) is 3.16. The molecule has 1 fully saturated rings. The highest BCUT2D eigenvalue weighted by Gasteiger charge is 2.26. The van der Waals surface area contributed by atoms with Crippen LogP contribution >= 0.6 is 35.6 Å². The van der Waals surface area contributed by atoms with Crippen molar-refractivity contribution in [2.75, 3.05) is 5.75 Å². The molecule has 0 aromatic heterocycles. The second kappa shape index (κ2) is 4.51. The van der Waals surface area contributed by atoms with Gasteiger partial charge in [-0.15, -0.1) is 0 Å². The molecule has 5 heteroatoms. The zero-order valence-corrected chi connectivity index (χ0v) is 10.2. The van der Waals surface area contributed by atoms with Crippen LogP contribution in [-0.2, 0) is 11.3 Å². The molecule has 1 aromatic carbocycles. The van der Waals surface area contributed by atoms with E-state index in [9.17, 15) is 4.79 Å². The number of carbonyl (C=O) groups is 1. The third-order valence-corrected chi connectivity index (χ3v) is 3.78. The Labute approximate surface area is 103 Å². The van der Waals surface area contributed by atoms with Crippen LogP contribution < -0.4 is 0 Å². The SMILES string of the molecule is O=C1CSC(=S)N1Cc1ccc(Cl)cc1. The second-order valence-corrected chi connectivity index (χ2v) is 5.21. The number of benzene rings is 1. The van der Waals surface area contributed by atoms with Gasteiger partial charge < -0.3 is 0 Å². The normalized spacial score (nSPS) is 16.2. The predicted octanol–water partition coefficient (Wildman–Crippen LogP) is 2.70. The number of hydrogen-bond acceptors (Lipinski definition) is 3. The van der Waals surface area contributed by atoms with Gasteiger partial charge in [-0.1, -0.05) is 47.7 Å². The highest BCUT2D eigenvalue weighted by atomic mass is 35.5. The molecule has 0 bridgehead atoms. The van der Waals surface area contributed by atoms with Gasteiger partial charge in [-0.25, -0.2) is 0 Å². The van der Waals surface area contributed by atoms with E-state index in [1.165, 1.54) is 11.8 Å². The van der Waals surface area contributed by atoms with Crippen molar-refractivity contribution < 1.29 is 4.79 Å². The van der Waals surface area contributed by atoms with Crippen molar-refractivity contribution in [3.8, 4) is 0 Å². The minimum Gasteiger partial charge on any atom is -0.293 e. The van der Waals surface area contributed by atoms with E-state index in [2.05, 4.69) is 0 Å². The molecule has 15 heavy (non-hydrogen) atoms. The lowest BCUT2D eigenvalue weighted by Gasteiger charge is -2.14. The summed E-state index contributed by atoms with van der Waals surface area (Å²) < 4.78 is 0.662. The Morgan fingerprint density at radius 3 is 2.60 bits per heavy atom. The van der Waals surface area contributed by atoms with Gasteiger partial charge in [-0.2, -0.15) is 0 Å². The van der Waals surface area contributed by atoms with E-state index in [0.29, 0.717) is 21.6 Å². The summed E-state index contributed by atoms with van der Waals surface area (Å²) in [6, 6.07) is 7.43. The monoisotopic (exact) mass is 257 g/mol. The minimum atomic E-state index is 0.0833. The van der Waals surface area contributed by atoms with Crippen LogP contribution in [0.1, 0.15) is 5.56 Å². The lowest BCUT2D eigenvalue weighted by Crippen LogP contribution is -2.27. The lowest BCUT2D eigenvalue weighted by atomic mass is 10.2. The van der Waals surface area contributed by atoms with Crippen LogP contribution in [0.4, 0.5) is 0 Å². The summed E-state index contributed by atoms with van der Waals surface area (Å²) in [5, 5.41) is 0.698. The molecule has 0 radical (unpaired) electrons. The van der Waals surface area contributed by atoms with Crippen LogP contribution in [0.15, 0.2) is 24.3 Å². The van der Waals surface area contributed by atoms with Gasteiger partial charge in [0, 0.05) is 5.02 Å². The molecule has 0 N–H and O–H groups in total. The maximum atomic E-state index is 11.4. The Morgan fingerprint density at radius 2 is 2.07 bits per heavy atom. The first-order valence-corrected chi connectivity index (χ1v) is 6.15. The molecular weight excluding hydrogens is 250 g/mol. The number of carbonyl (C=O) groups excluding carboxylic acids is 1. The van der Waals surface area contributed by atoms with Crippen molar-refractivity contribution in [3.05, 3.63) is 34.9 Å². The number of amides is 1. The zero-order chi connectivity index (χ0) is 10.8. The maximum Gasteiger partial charge on any atom is 0.238 e. The summed E-state index contributed by atoms with van der Waals surface area (Å²) in [4.78, 5) is 13.1. The highest BCUT2D eigenvalue weighted by Crippen LogP contribution is 2.22. The quantitative estimate of drug-likeness (QED) is 0.760. The molecule has 1 aliphatic rings. The molecule has 1 amide bonds. The molecule has 1 saturated heterocycles. The fourth-order valence-electron chi connectivity index (χ4n) is 1.31. The van der Waals surface area contributed by atoms with Crippen LogP contribution in [0, 0.1) is 0 Å². The third kappa shape index (κ3) is 2.51. The molecule has 1 aromatic rings. The summed E-state index contributed by atoms with van der Waals surface area (Å²) in [7, 11) is 0. The van der Waals surface area contributed by atoms with Gasteiger partial charge in [-0.3, -0.25) is 9.69 Å². The number of rotatable bonds is 2. The fraction of sp³-hybridized carbons (Fsp3) is 0.200. The molecule has 0 unspecified atom stereocenters. The first kappa shape index (κ1) is 10.9. The van der Waals surface area contributed by atoms with Crippen LogP contribution in [0.2, 0.25) is 5.02 Å². The Hall–Kier alpha value is -0.580. The number of nitrogens with zero attached hydrogens (tertiary/aromatic N) is 1. The van der Waals surface area contributed by atoms with Gasteiger partial charge in [0.15, 0.2) is 0 Å². The molecule has 78 valence electrons. The number of thiocarbonyl (C=S) groups is 1. The van der Waals surface area contributed by atoms with Crippen LogP contribution in [0.25, 0.3) is 0 Å². The largest absolute Gasteiger partial charge is 0.293 e. The summed E-state index contributed by atoms with van der Waals surface area (Å²) in [5.41, 5.74) is 1.04. The van der Waals surface area contributed by atoms with Gasteiger partial charge in [0.25, 0.3) is 0 Å². The zero-order valence-electron chi connectivity index (χ0n) is 7.77. The molecule has 1 aliphatic heterocycles. The van der Waals surface area contributed by atoms with E-state index in [0.717, 1.165) is 5.56 Å². The van der Waals surface area contributed by atoms with Crippen LogP contribution in [0.5, 0.6) is 0 Å². The van der Waals surface area contributed by atoms with Crippen molar-refractivity contribution in [1.82, 2.24) is 4.90 Å². The molecule has 2 rings (SSSR count). The van der Waals surface area contributed by atoms with E-state index >= 15 is 0 Å². The van der Waals surface area contributed by atoms with Crippen molar-refractivity contribution in [3.63, 3.8) is 0 Å². The van der Waals surface area contributed by atoms with Crippen molar-refractivity contribution in [1.29, 1.82) is 0 Å². The molecular formula is C10H8ClNOS2. The summed E-state index contributed by atoms with van der Waals surface area (Å²) >= 11 is 12.3. The Kier molecular flexibility index (Phi) is 3.29. The predicted molar refractivity (Wildman–Crippen MR) is 67.1 cm³/mol. The summed E-state index contributed by atoms with van der Waals surface area (Å²) in [6.45, 7) is 0.543. The summed E-state index contributed by atoms with van der Waals surface area (Å²) in [5.74, 6) is 0.548. The first-order valence-electron chi connectivity index (χ1n) is 4.38. The van der Waals surface area contributed by atoms with Gasteiger partial charge in [0.1, 0.15) is 4.32 Å². The van der Waals surface area contributed by atoms with E-state index in [-0.39, 0.29) is 5.91 Å². The van der Waals surface area contributed by atoms with Crippen LogP contribution in [0.3, 0.4) is 0 Å². The fourth-order valence-corrected chi connectivity index (χ4v) is 2.50. The molecule has 2 nitrogen and oxygen atoms in total. The maximum absolute atomic E-state index is 11.4. The standard InChI is InChI=1S/C10H8ClNOS2/c11-8-3-1-7(2-4-8)5-12-9(13)6-15-10(12)14/h1-4H,5-6H2. The Morgan fingerprint density at radius 1 is 1.40 bits per heavy atom. The van der Waals surface area contributed by atoms with Crippen molar-refractivity contribution in [2.45, 2.75) is 6.54 Å². The van der Waals surface area contributed by atoms with E-state index in [4.69, 9.17) is 23.8 Å². The average Bonchev–Trinajstić information content (AvgIpc) is 2.53. The van der Waals surface area contributed by atoms with Gasteiger partial charge in [-0.05, 0) is 17.7 Å². The van der Waals surface area contributed by atoms with E-state index in [1.807, 2.05) is 24.3 Å². The summed E-state index contributed by atoms with van der Waals surface area (Å²) in [6.07, 6.45) is 0. The number of thioether (sulfide) groups is 1. The Balaban J connectivity index is 2.11. The third-order valence-electron chi connectivity index (χ3n) is 2.09. The molecule has 0 aliphatic carbocycles. The van der Waals surface area contributed by atoms with Crippen molar-refractivity contribution in [2.24, 2.45) is 0 Å². The van der Waals surface area contributed by atoms with Gasteiger partial charge in [0.05, 0.1) is 12.3 Å². The topological polar surface area (TPSA) is 20.3 Å². The van der Waals surface area contributed by atoms with Crippen molar-refractivity contribution >= 4 is 45.8 Å². The first-order chi connectivity index (χ1) is 7.16. The highest BCUT2D eigenvalue weighted by molar-refractivity contribution is 8.23. The van der Waals surface area contributed by atoms with Gasteiger partial charge in [0.2, 0.25) is 5.91 Å². The minimum absolute atomic E-state index is 0.0833. The lowest BCUT2D eigenvalue weighted by molar-refractivity contribution is -0.124. The molecule has 1 heterocycles. The number of hydrogen-bond donors (Lipinski definition) is 0. The van der Waals surface area contributed by atoms with Crippen LogP contribution in [-0.4, -0.2) is 20.9 Å².